The highest BCUT2D eigenvalue weighted by atomic mass is 16.7. The summed E-state index contributed by atoms with van der Waals surface area (Å²) in [6.07, 6.45) is -5.85. The Bertz CT molecular complexity index is 327. The van der Waals surface area contributed by atoms with Crippen molar-refractivity contribution in [3.63, 3.8) is 0 Å². The van der Waals surface area contributed by atoms with E-state index in [9.17, 15) is 20.1 Å². The summed E-state index contributed by atoms with van der Waals surface area (Å²) in [5.74, 6) is -4.30. The van der Waals surface area contributed by atoms with Crippen LogP contribution in [-0.4, -0.2) is 81.5 Å². The molecule has 1 unspecified atom stereocenters. The Hall–Kier alpha value is -0.810. The average Bonchev–Trinajstić information content (AvgIpc) is 2.35. The van der Waals surface area contributed by atoms with Crippen LogP contribution in [0.25, 0.3) is 0 Å². The van der Waals surface area contributed by atoms with Crippen LogP contribution >= 0.6 is 0 Å². The smallest absolute Gasteiger partial charge is 0.364 e. The Kier molecular flexibility index (Phi) is 5.21. The number of nitrogens with two attached hydrogens (primary N) is 1. The molecule has 0 aliphatic carbocycles. The fourth-order valence-corrected chi connectivity index (χ4v) is 2.03. The van der Waals surface area contributed by atoms with Gasteiger partial charge in [0.05, 0.1) is 18.8 Å². The van der Waals surface area contributed by atoms with Gasteiger partial charge >= 0.3 is 5.97 Å². The van der Waals surface area contributed by atoms with Gasteiger partial charge in [-0.3, -0.25) is 0 Å². The van der Waals surface area contributed by atoms with E-state index in [0.717, 1.165) is 0 Å². The summed E-state index contributed by atoms with van der Waals surface area (Å²) in [4.78, 5) is 10.9. The van der Waals surface area contributed by atoms with Crippen molar-refractivity contribution >= 4 is 5.97 Å². The molecule has 19 heavy (non-hydrogen) atoms. The molecule has 1 fully saturated rings. The summed E-state index contributed by atoms with van der Waals surface area (Å²) < 4.78 is 9.87. The molecule has 1 aliphatic rings. The van der Waals surface area contributed by atoms with Crippen molar-refractivity contribution in [2.24, 2.45) is 5.73 Å². The zero-order valence-electron chi connectivity index (χ0n) is 10.3. The molecule has 112 valence electrons. The molecule has 0 amide bonds. The van der Waals surface area contributed by atoms with Crippen molar-refractivity contribution in [1.29, 1.82) is 0 Å². The number of aliphatic hydroxyl groups is 4. The van der Waals surface area contributed by atoms with Gasteiger partial charge < -0.3 is 40.7 Å². The molecule has 0 aromatic rings. The highest BCUT2D eigenvalue weighted by Gasteiger charge is 2.52. The molecular weight excluding hydrogens is 262 g/mol. The van der Waals surface area contributed by atoms with Gasteiger partial charge in [-0.15, -0.1) is 0 Å². The second-order valence-corrected chi connectivity index (χ2v) is 4.47. The molecule has 9 heteroatoms. The maximum absolute atomic E-state index is 10.9. The minimum atomic E-state index is -2.62. The molecule has 0 radical (unpaired) electrons. The molecule has 1 aliphatic heterocycles. The van der Waals surface area contributed by atoms with Crippen LogP contribution in [0.3, 0.4) is 0 Å². The topological polar surface area (TPSA) is 163 Å². The number of aliphatic hydroxyl groups excluding tert-OH is 3. The molecular formula is C10H19NO8. The SMILES string of the molecule is CO[C@@H]([C@@H]1OC(O)(C(=O)O)C[C@H](O)[C@H]1N)[C@H](O)CO. The zero-order valence-corrected chi connectivity index (χ0v) is 10.3. The van der Waals surface area contributed by atoms with Crippen molar-refractivity contribution in [3.05, 3.63) is 0 Å². The summed E-state index contributed by atoms with van der Waals surface area (Å²) in [5, 5.41) is 46.8. The van der Waals surface area contributed by atoms with Crippen molar-refractivity contribution in [1.82, 2.24) is 0 Å². The maximum atomic E-state index is 10.9. The third-order valence-electron chi connectivity index (χ3n) is 3.14. The number of carbonyl (C=O) groups is 1. The van der Waals surface area contributed by atoms with E-state index in [1.165, 1.54) is 7.11 Å². The van der Waals surface area contributed by atoms with E-state index in [1.807, 2.05) is 0 Å². The largest absolute Gasteiger partial charge is 0.477 e. The number of hydrogen-bond acceptors (Lipinski definition) is 8. The first-order valence-electron chi connectivity index (χ1n) is 5.65. The fraction of sp³-hybridized carbons (Fsp3) is 0.900. The molecule has 1 rings (SSSR count). The van der Waals surface area contributed by atoms with E-state index in [-0.39, 0.29) is 0 Å². The summed E-state index contributed by atoms with van der Waals surface area (Å²) in [5.41, 5.74) is 5.66. The molecule has 0 aromatic carbocycles. The van der Waals surface area contributed by atoms with Crippen molar-refractivity contribution in [2.75, 3.05) is 13.7 Å². The highest BCUT2D eigenvalue weighted by Crippen LogP contribution is 2.30. The molecule has 1 saturated heterocycles. The molecule has 9 nitrogen and oxygen atoms in total. The number of methoxy groups -OCH3 is 1. The molecule has 0 saturated carbocycles. The Labute approximate surface area is 109 Å². The first-order chi connectivity index (χ1) is 8.76. The number of carboxylic acids is 1. The van der Waals surface area contributed by atoms with E-state index < -0.39 is 55.2 Å². The predicted octanol–water partition coefficient (Wildman–Crippen LogP) is -3.40. The number of aliphatic carboxylic acids is 1. The highest BCUT2D eigenvalue weighted by molar-refractivity contribution is 5.75. The van der Waals surface area contributed by atoms with Crippen LogP contribution in [-0.2, 0) is 14.3 Å². The average molecular weight is 281 g/mol. The lowest BCUT2D eigenvalue weighted by Gasteiger charge is -2.44. The van der Waals surface area contributed by atoms with E-state index >= 15 is 0 Å². The van der Waals surface area contributed by atoms with Gasteiger partial charge in [-0.25, -0.2) is 4.79 Å². The van der Waals surface area contributed by atoms with Gasteiger partial charge in [0.2, 0.25) is 0 Å². The Morgan fingerprint density at radius 1 is 1.63 bits per heavy atom. The molecule has 1 heterocycles. The Morgan fingerprint density at radius 2 is 2.21 bits per heavy atom. The molecule has 0 aromatic heterocycles. The fourth-order valence-electron chi connectivity index (χ4n) is 2.03. The van der Waals surface area contributed by atoms with Gasteiger partial charge in [0, 0.05) is 13.5 Å². The monoisotopic (exact) mass is 281 g/mol. The van der Waals surface area contributed by atoms with Crippen LogP contribution in [0.4, 0.5) is 0 Å². The van der Waals surface area contributed by atoms with E-state index in [2.05, 4.69) is 0 Å². The first kappa shape index (κ1) is 16.2. The van der Waals surface area contributed by atoms with Gasteiger partial charge in [0.1, 0.15) is 18.3 Å². The van der Waals surface area contributed by atoms with Gasteiger partial charge in [0.25, 0.3) is 5.79 Å². The Balaban J connectivity index is 2.99. The predicted molar refractivity (Wildman–Crippen MR) is 59.9 cm³/mol. The molecule has 0 spiro atoms. The summed E-state index contributed by atoms with van der Waals surface area (Å²) in [7, 11) is 1.19. The van der Waals surface area contributed by atoms with Crippen molar-refractivity contribution < 1.29 is 39.8 Å². The van der Waals surface area contributed by atoms with Gasteiger partial charge in [-0.2, -0.15) is 0 Å². The maximum Gasteiger partial charge on any atom is 0.364 e. The second-order valence-electron chi connectivity index (χ2n) is 4.47. The lowest BCUT2D eigenvalue weighted by atomic mass is 9.89. The third-order valence-corrected chi connectivity index (χ3v) is 3.14. The van der Waals surface area contributed by atoms with Crippen LogP contribution in [0.1, 0.15) is 6.42 Å². The van der Waals surface area contributed by atoms with E-state index in [0.29, 0.717) is 0 Å². The van der Waals surface area contributed by atoms with Gasteiger partial charge in [-0.05, 0) is 0 Å². The third kappa shape index (κ3) is 3.20. The minimum Gasteiger partial charge on any atom is -0.477 e. The minimum absolute atomic E-state index is 0.606. The summed E-state index contributed by atoms with van der Waals surface area (Å²) in [6, 6.07) is -1.08. The van der Waals surface area contributed by atoms with Crippen molar-refractivity contribution in [3.8, 4) is 0 Å². The second kappa shape index (κ2) is 6.09. The van der Waals surface area contributed by atoms with Crippen LogP contribution in [0.5, 0.6) is 0 Å². The number of ether oxygens (including phenoxy) is 2. The molecule has 7 N–H and O–H groups in total. The van der Waals surface area contributed by atoms with Crippen LogP contribution in [0.15, 0.2) is 0 Å². The standard InChI is InChI=1S/C10H19NO8/c1-18-7(5(14)3-12)8-6(11)4(13)2-10(17,19-8)9(15)16/h4-8,12-14,17H,2-3,11H2,1H3,(H,15,16)/t4-,5+,6+,7+,8+,10?/m0/s1. The number of hydrogen-bond donors (Lipinski definition) is 6. The van der Waals surface area contributed by atoms with E-state index in [1.54, 1.807) is 0 Å². The van der Waals surface area contributed by atoms with Crippen LogP contribution in [0.2, 0.25) is 0 Å². The number of rotatable bonds is 5. The summed E-state index contributed by atoms with van der Waals surface area (Å²) >= 11 is 0. The van der Waals surface area contributed by atoms with Gasteiger partial charge in [0.15, 0.2) is 0 Å². The first-order valence-corrected chi connectivity index (χ1v) is 5.65. The van der Waals surface area contributed by atoms with Gasteiger partial charge in [-0.1, -0.05) is 0 Å². The van der Waals surface area contributed by atoms with E-state index in [4.69, 9.17) is 25.4 Å². The molecule has 6 atom stereocenters. The normalized spacial score (nSPS) is 38.7. The van der Waals surface area contributed by atoms with Crippen LogP contribution < -0.4 is 5.73 Å². The number of carboxylic acid groups (broad SMARTS) is 1. The molecule has 0 bridgehead atoms. The zero-order chi connectivity index (χ0) is 14.8. The Morgan fingerprint density at radius 3 is 2.63 bits per heavy atom. The lowest BCUT2D eigenvalue weighted by Crippen LogP contribution is -2.66. The van der Waals surface area contributed by atoms with Crippen molar-refractivity contribution in [2.45, 2.75) is 42.7 Å². The van der Waals surface area contributed by atoms with Crippen LogP contribution in [0, 0.1) is 0 Å². The lowest BCUT2D eigenvalue weighted by molar-refractivity contribution is -0.294. The quantitative estimate of drug-likeness (QED) is 0.301. The summed E-state index contributed by atoms with van der Waals surface area (Å²) in [6.45, 7) is -0.674.